The molecule has 0 radical (unpaired) electrons. The Bertz CT molecular complexity index is 543. The summed E-state index contributed by atoms with van der Waals surface area (Å²) in [5, 5.41) is 4.79. The molecule has 3 rings (SSSR count). The van der Waals surface area contributed by atoms with Crippen molar-refractivity contribution >= 4 is 11.3 Å². The largest absolute Gasteiger partial charge is 0.312 e. The highest BCUT2D eigenvalue weighted by atomic mass is 32.1. The van der Waals surface area contributed by atoms with Gasteiger partial charge in [0.25, 0.3) is 0 Å². The number of thiazole rings is 1. The average Bonchev–Trinajstić information content (AvgIpc) is 3.23. The van der Waals surface area contributed by atoms with Gasteiger partial charge in [0, 0.05) is 23.8 Å². The fraction of sp³-hybridized carbons (Fsp3) is 0.471. The molecular formula is C17H22N2S. The molecule has 2 aromatic rings. The van der Waals surface area contributed by atoms with Gasteiger partial charge < -0.3 is 5.32 Å². The molecule has 0 spiro atoms. The summed E-state index contributed by atoms with van der Waals surface area (Å²) >= 11 is 1.90. The lowest BCUT2D eigenvalue weighted by molar-refractivity contribution is 0.676. The van der Waals surface area contributed by atoms with E-state index in [2.05, 4.69) is 42.6 Å². The standard InChI is InChI=1S/C17H22N2S/c1-2-10-18-12-15-17(14-8-9-14)19-16(20-15)11-13-6-4-3-5-7-13/h3-7,14,18H,2,8-12H2,1H3. The van der Waals surface area contributed by atoms with E-state index in [1.165, 1.54) is 40.4 Å². The summed E-state index contributed by atoms with van der Waals surface area (Å²) in [6.45, 7) is 4.30. The normalized spacial score (nSPS) is 14.7. The van der Waals surface area contributed by atoms with Gasteiger partial charge in [0.2, 0.25) is 0 Å². The summed E-state index contributed by atoms with van der Waals surface area (Å²) in [4.78, 5) is 6.39. The van der Waals surface area contributed by atoms with Crippen molar-refractivity contribution < 1.29 is 0 Å². The van der Waals surface area contributed by atoms with Crippen LogP contribution in [0.5, 0.6) is 0 Å². The van der Waals surface area contributed by atoms with Crippen LogP contribution in [0.15, 0.2) is 30.3 Å². The van der Waals surface area contributed by atoms with Gasteiger partial charge in [-0.1, -0.05) is 37.3 Å². The van der Waals surface area contributed by atoms with E-state index < -0.39 is 0 Å². The van der Waals surface area contributed by atoms with Crippen LogP contribution in [0.2, 0.25) is 0 Å². The van der Waals surface area contributed by atoms with Gasteiger partial charge in [0.15, 0.2) is 0 Å². The topological polar surface area (TPSA) is 24.9 Å². The Morgan fingerprint density at radius 2 is 2.05 bits per heavy atom. The minimum Gasteiger partial charge on any atom is -0.312 e. The van der Waals surface area contributed by atoms with Gasteiger partial charge in [-0.15, -0.1) is 11.3 Å². The lowest BCUT2D eigenvalue weighted by Crippen LogP contribution is -2.13. The second-order valence-electron chi connectivity index (χ2n) is 5.53. The fourth-order valence-electron chi connectivity index (χ4n) is 2.44. The van der Waals surface area contributed by atoms with Crippen LogP contribution in [-0.4, -0.2) is 11.5 Å². The van der Waals surface area contributed by atoms with Crippen molar-refractivity contribution in [2.24, 2.45) is 0 Å². The number of aromatic nitrogens is 1. The second kappa shape index (κ2) is 6.51. The molecule has 0 bridgehead atoms. The van der Waals surface area contributed by atoms with E-state index in [1.807, 2.05) is 11.3 Å². The molecule has 106 valence electrons. The summed E-state index contributed by atoms with van der Waals surface area (Å²) in [6, 6.07) is 10.7. The minimum absolute atomic E-state index is 0.745. The van der Waals surface area contributed by atoms with Crippen molar-refractivity contribution in [3.05, 3.63) is 51.5 Å². The van der Waals surface area contributed by atoms with Crippen molar-refractivity contribution in [2.45, 2.75) is 45.1 Å². The Hall–Kier alpha value is -1.19. The van der Waals surface area contributed by atoms with Crippen LogP contribution in [0.25, 0.3) is 0 Å². The van der Waals surface area contributed by atoms with Crippen molar-refractivity contribution in [3.63, 3.8) is 0 Å². The maximum Gasteiger partial charge on any atom is 0.0975 e. The molecule has 1 aliphatic carbocycles. The van der Waals surface area contributed by atoms with E-state index in [0.29, 0.717) is 0 Å². The number of benzene rings is 1. The zero-order chi connectivity index (χ0) is 13.8. The average molecular weight is 286 g/mol. The van der Waals surface area contributed by atoms with Gasteiger partial charge in [0.1, 0.15) is 0 Å². The molecule has 2 nitrogen and oxygen atoms in total. The molecule has 1 fully saturated rings. The van der Waals surface area contributed by atoms with Crippen LogP contribution >= 0.6 is 11.3 Å². The Labute approximate surface area is 125 Å². The number of hydrogen-bond acceptors (Lipinski definition) is 3. The van der Waals surface area contributed by atoms with E-state index in [-0.39, 0.29) is 0 Å². The third-order valence-electron chi connectivity index (χ3n) is 3.65. The quantitative estimate of drug-likeness (QED) is 0.775. The number of rotatable bonds is 7. The first-order valence-corrected chi connectivity index (χ1v) is 8.41. The molecule has 1 aromatic carbocycles. The molecule has 1 saturated carbocycles. The predicted molar refractivity (Wildman–Crippen MR) is 85.3 cm³/mol. The predicted octanol–water partition coefficient (Wildman–Crippen LogP) is 4.11. The van der Waals surface area contributed by atoms with E-state index in [4.69, 9.17) is 4.98 Å². The van der Waals surface area contributed by atoms with Gasteiger partial charge >= 0.3 is 0 Å². The van der Waals surface area contributed by atoms with Gasteiger partial charge in [-0.05, 0) is 31.4 Å². The third-order valence-corrected chi connectivity index (χ3v) is 4.72. The Balaban J connectivity index is 1.73. The summed E-state index contributed by atoms with van der Waals surface area (Å²) in [6.07, 6.45) is 4.82. The van der Waals surface area contributed by atoms with Crippen LogP contribution in [-0.2, 0) is 13.0 Å². The van der Waals surface area contributed by atoms with Gasteiger partial charge in [-0.3, -0.25) is 0 Å². The maximum absolute atomic E-state index is 4.92. The smallest absolute Gasteiger partial charge is 0.0975 e. The first-order valence-electron chi connectivity index (χ1n) is 7.60. The molecule has 0 aliphatic heterocycles. The molecule has 0 amide bonds. The number of hydrogen-bond donors (Lipinski definition) is 1. The molecule has 0 atom stereocenters. The van der Waals surface area contributed by atoms with Gasteiger partial charge in [-0.25, -0.2) is 4.98 Å². The zero-order valence-electron chi connectivity index (χ0n) is 12.1. The number of nitrogens with zero attached hydrogens (tertiary/aromatic N) is 1. The summed E-state index contributed by atoms with van der Waals surface area (Å²) < 4.78 is 0. The van der Waals surface area contributed by atoms with Crippen LogP contribution < -0.4 is 5.32 Å². The van der Waals surface area contributed by atoms with Gasteiger partial charge in [-0.2, -0.15) is 0 Å². The van der Waals surface area contributed by atoms with Crippen LogP contribution in [0.4, 0.5) is 0 Å². The van der Waals surface area contributed by atoms with Crippen molar-refractivity contribution in [1.29, 1.82) is 0 Å². The molecule has 1 aromatic heterocycles. The first-order chi connectivity index (χ1) is 9.86. The highest BCUT2D eigenvalue weighted by Crippen LogP contribution is 2.42. The van der Waals surface area contributed by atoms with Crippen LogP contribution in [0, 0.1) is 0 Å². The number of nitrogens with one attached hydrogen (secondary N) is 1. The molecule has 3 heteroatoms. The van der Waals surface area contributed by atoms with Crippen molar-refractivity contribution in [2.75, 3.05) is 6.54 Å². The van der Waals surface area contributed by atoms with E-state index >= 15 is 0 Å². The minimum atomic E-state index is 0.745. The van der Waals surface area contributed by atoms with Gasteiger partial charge in [0.05, 0.1) is 10.7 Å². The zero-order valence-corrected chi connectivity index (χ0v) is 12.9. The van der Waals surface area contributed by atoms with Crippen molar-refractivity contribution in [1.82, 2.24) is 10.3 Å². The van der Waals surface area contributed by atoms with E-state index in [0.717, 1.165) is 25.4 Å². The highest BCUT2D eigenvalue weighted by Gasteiger charge is 2.29. The highest BCUT2D eigenvalue weighted by molar-refractivity contribution is 7.11. The van der Waals surface area contributed by atoms with E-state index in [9.17, 15) is 0 Å². The first kappa shape index (κ1) is 13.8. The molecule has 0 saturated heterocycles. The monoisotopic (exact) mass is 286 g/mol. The summed E-state index contributed by atoms with van der Waals surface area (Å²) in [5.74, 6) is 0.745. The van der Waals surface area contributed by atoms with Crippen LogP contribution in [0.3, 0.4) is 0 Å². The fourth-order valence-corrected chi connectivity index (χ4v) is 3.60. The molecular weight excluding hydrogens is 264 g/mol. The second-order valence-corrected chi connectivity index (χ2v) is 6.70. The molecule has 1 heterocycles. The molecule has 1 aliphatic rings. The molecule has 0 unspecified atom stereocenters. The SMILES string of the molecule is CCCNCc1sc(Cc2ccccc2)nc1C1CC1. The Kier molecular flexibility index (Phi) is 4.48. The van der Waals surface area contributed by atoms with Crippen molar-refractivity contribution in [3.8, 4) is 0 Å². The molecule has 20 heavy (non-hydrogen) atoms. The maximum atomic E-state index is 4.92. The Morgan fingerprint density at radius 3 is 2.75 bits per heavy atom. The Morgan fingerprint density at radius 1 is 1.25 bits per heavy atom. The van der Waals surface area contributed by atoms with E-state index in [1.54, 1.807) is 0 Å². The lowest BCUT2D eigenvalue weighted by Gasteiger charge is -2.01. The summed E-state index contributed by atoms with van der Waals surface area (Å²) in [7, 11) is 0. The lowest BCUT2D eigenvalue weighted by atomic mass is 10.2. The summed E-state index contributed by atoms with van der Waals surface area (Å²) in [5.41, 5.74) is 2.74. The third kappa shape index (κ3) is 3.47. The molecule has 1 N–H and O–H groups in total. The van der Waals surface area contributed by atoms with Crippen LogP contribution in [0.1, 0.15) is 53.2 Å².